The minimum absolute atomic E-state index is 0.0291. The average Bonchev–Trinajstić information content (AvgIpc) is 2.29. The first-order chi connectivity index (χ1) is 8.11. The lowest BCUT2D eigenvalue weighted by Crippen LogP contribution is -2.38. The van der Waals surface area contributed by atoms with Crippen molar-refractivity contribution in [3.05, 3.63) is 34.9 Å². The largest absolute Gasteiger partial charge is 0.353 e. The van der Waals surface area contributed by atoms with Gasteiger partial charge in [0.1, 0.15) is 0 Å². The first kappa shape index (κ1) is 14.0. The van der Waals surface area contributed by atoms with E-state index in [2.05, 4.69) is 10.6 Å². The van der Waals surface area contributed by atoms with Gasteiger partial charge in [0, 0.05) is 17.6 Å². The highest BCUT2D eigenvalue weighted by atomic mass is 35.5. The molecule has 1 unspecified atom stereocenters. The number of nitrogens with one attached hydrogen (secondary N) is 2. The lowest BCUT2D eigenvalue weighted by atomic mass is 10.2. The Morgan fingerprint density at radius 2 is 2.24 bits per heavy atom. The van der Waals surface area contributed by atoms with Crippen molar-refractivity contribution in [2.24, 2.45) is 0 Å². The van der Waals surface area contributed by atoms with Gasteiger partial charge in [-0.05, 0) is 31.0 Å². The molecule has 1 amide bonds. The summed E-state index contributed by atoms with van der Waals surface area (Å²) in [7, 11) is 0. The summed E-state index contributed by atoms with van der Waals surface area (Å²) in [6.07, 6.45) is 0.944. The van der Waals surface area contributed by atoms with Gasteiger partial charge in [-0.15, -0.1) is 0 Å². The van der Waals surface area contributed by atoms with Crippen molar-refractivity contribution >= 4 is 17.5 Å². The quantitative estimate of drug-likeness (QED) is 0.818. The van der Waals surface area contributed by atoms with Gasteiger partial charge in [0.25, 0.3) is 0 Å². The van der Waals surface area contributed by atoms with Crippen molar-refractivity contribution in [2.75, 3.05) is 6.54 Å². The summed E-state index contributed by atoms with van der Waals surface area (Å²) in [5.41, 5.74) is 1.08. The maximum atomic E-state index is 11.5. The van der Waals surface area contributed by atoms with Gasteiger partial charge in [-0.25, -0.2) is 0 Å². The van der Waals surface area contributed by atoms with Crippen LogP contribution in [-0.4, -0.2) is 18.5 Å². The number of hydrogen-bond acceptors (Lipinski definition) is 2. The van der Waals surface area contributed by atoms with Crippen LogP contribution in [0.1, 0.15) is 25.8 Å². The Morgan fingerprint density at radius 1 is 1.47 bits per heavy atom. The Morgan fingerprint density at radius 3 is 2.88 bits per heavy atom. The number of carbonyl (C=O) groups excluding carboxylic acids is 1. The summed E-state index contributed by atoms with van der Waals surface area (Å²) in [6, 6.07) is 7.83. The summed E-state index contributed by atoms with van der Waals surface area (Å²) in [5.74, 6) is 0.0291. The predicted octanol–water partition coefficient (Wildman–Crippen LogP) is 2.34. The van der Waals surface area contributed by atoms with E-state index in [4.69, 9.17) is 11.6 Å². The van der Waals surface area contributed by atoms with Gasteiger partial charge in [-0.2, -0.15) is 0 Å². The molecule has 3 nitrogen and oxygen atoms in total. The van der Waals surface area contributed by atoms with Crippen LogP contribution in [0.2, 0.25) is 5.02 Å². The molecule has 4 heteroatoms. The van der Waals surface area contributed by atoms with E-state index in [0.717, 1.165) is 12.0 Å². The molecule has 0 spiro atoms. The molecule has 0 aliphatic rings. The summed E-state index contributed by atoms with van der Waals surface area (Å²) >= 11 is 5.87. The third-order valence-corrected chi connectivity index (χ3v) is 2.76. The second-order valence-corrected chi connectivity index (χ2v) is 4.55. The second-order valence-electron chi connectivity index (χ2n) is 4.11. The number of rotatable bonds is 6. The summed E-state index contributed by atoms with van der Waals surface area (Å²) in [5, 5.41) is 6.70. The summed E-state index contributed by atoms with van der Waals surface area (Å²) in [6.45, 7) is 5.02. The Bertz CT molecular complexity index is 368. The SMILES string of the molecule is CCC(C)NC(=O)CNCc1cccc(Cl)c1. The monoisotopic (exact) mass is 254 g/mol. The molecule has 17 heavy (non-hydrogen) atoms. The predicted molar refractivity (Wildman–Crippen MR) is 71.1 cm³/mol. The third-order valence-electron chi connectivity index (χ3n) is 2.52. The molecule has 0 aromatic heterocycles. The van der Waals surface area contributed by atoms with Gasteiger partial charge in [0.2, 0.25) is 5.91 Å². The van der Waals surface area contributed by atoms with Crippen molar-refractivity contribution < 1.29 is 4.79 Å². The van der Waals surface area contributed by atoms with E-state index in [0.29, 0.717) is 18.1 Å². The lowest BCUT2D eigenvalue weighted by Gasteiger charge is -2.11. The minimum Gasteiger partial charge on any atom is -0.353 e. The number of benzene rings is 1. The zero-order valence-electron chi connectivity index (χ0n) is 10.3. The van der Waals surface area contributed by atoms with Gasteiger partial charge in [-0.3, -0.25) is 4.79 Å². The van der Waals surface area contributed by atoms with E-state index < -0.39 is 0 Å². The van der Waals surface area contributed by atoms with Crippen LogP contribution in [0.15, 0.2) is 24.3 Å². The van der Waals surface area contributed by atoms with Crippen LogP contribution in [-0.2, 0) is 11.3 Å². The molecule has 0 bridgehead atoms. The molecular formula is C13H19ClN2O. The van der Waals surface area contributed by atoms with Gasteiger partial charge in [0.05, 0.1) is 6.54 Å². The molecule has 0 saturated carbocycles. The second kappa shape index (κ2) is 7.30. The number of amides is 1. The summed E-state index contributed by atoms with van der Waals surface area (Å²) in [4.78, 5) is 11.5. The zero-order chi connectivity index (χ0) is 12.7. The van der Waals surface area contributed by atoms with Crippen molar-refractivity contribution in [3.8, 4) is 0 Å². The van der Waals surface area contributed by atoms with E-state index in [1.165, 1.54) is 0 Å². The fourth-order valence-corrected chi connectivity index (χ4v) is 1.61. The van der Waals surface area contributed by atoms with Gasteiger partial charge >= 0.3 is 0 Å². The maximum Gasteiger partial charge on any atom is 0.234 e. The molecule has 1 rings (SSSR count). The fourth-order valence-electron chi connectivity index (χ4n) is 1.40. The molecule has 0 radical (unpaired) electrons. The van der Waals surface area contributed by atoms with Crippen molar-refractivity contribution in [3.63, 3.8) is 0 Å². The van der Waals surface area contributed by atoms with Gasteiger partial charge in [0.15, 0.2) is 0 Å². The van der Waals surface area contributed by atoms with E-state index in [-0.39, 0.29) is 11.9 Å². The van der Waals surface area contributed by atoms with E-state index in [1.54, 1.807) is 0 Å². The number of carbonyl (C=O) groups is 1. The van der Waals surface area contributed by atoms with Crippen LogP contribution in [0.4, 0.5) is 0 Å². The van der Waals surface area contributed by atoms with Gasteiger partial charge in [-0.1, -0.05) is 30.7 Å². The van der Waals surface area contributed by atoms with E-state index in [9.17, 15) is 4.79 Å². The molecule has 0 heterocycles. The molecule has 1 atom stereocenters. The Kier molecular flexibility index (Phi) is 6.01. The molecule has 1 aromatic carbocycles. The van der Waals surface area contributed by atoms with Crippen molar-refractivity contribution in [1.82, 2.24) is 10.6 Å². The first-order valence-electron chi connectivity index (χ1n) is 5.86. The smallest absolute Gasteiger partial charge is 0.234 e. The molecule has 94 valence electrons. The zero-order valence-corrected chi connectivity index (χ0v) is 11.1. The highest BCUT2D eigenvalue weighted by Crippen LogP contribution is 2.09. The summed E-state index contributed by atoms with van der Waals surface area (Å²) < 4.78 is 0. The van der Waals surface area contributed by atoms with Crippen LogP contribution in [0, 0.1) is 0 Å². The molecule has 0 aliphatic heterocycles. The Balaban J connectivity index is 2.26. The van der Waals surface area contributed by atoms with Crippen LogP contribution in [0.5, 0.6) is 0 Å². The number of halogens is 1. The molecule has 0 aliphatic carbocycles. The van der Waals surface area contributed by atoms with Gasteiger partial charge < -0.3 is 10.6 Å². The molecule has 1 aromatic rings. The number of hydrogen-bond donors (Lipinski definition) is 2. The van der Waals surface area contributed by atoms with Crippen LogP contribution >= 0.6 is 11.6 Å². The fraction of sp³-hybridized carbons (Fsp3) is 0.462. The third kappa shape index (κ3) is 5.71. The lowest BCUT2D eigenvalue weighted by molar-refractivity contribution is -0.120. The standard InChI is InChI=1S/C13H19ClN2O/c1-3-10(2)16-13(17)9-15-8-11-5-4-6-12(14)7-11/h4-7,10,15H,3,8-9H2,1-2H3,(H,16,17). The Hall–Kier alpha value is -1.06. The normalized spacial score (nSPS) is 12.2. The molecule has 0 saturated heterocycles. The highest BCUT2D eigenvalue weighted by Gasteiger charge is 2.04. The first-order valence-corrected chi connectivity index (χ1v) is 6.24. The topological polar surface area (TPSA) is 41.1 Å². The Labute approximate surface area is 108 Å². The van der Waals surface area contributed by atoms with E-state index in [1.807, 2.05) is 38.1 Å². The molecule has 2 N–H and O–H groups in total. The molecular weight excluding hydrogens is 236 g/mol. The van der Waals surface area contributed by atoms with Crippen LogP contribution in [0.25, 0.3) is 0 Å². The van der Waals surface area contributed by atoms with Crippen LogP contribution in [0.3, 0.4) is 0 Å². The van der Waals surface area contributed by atoms with Crippen LogP contribution < -0.4 is 10.6 Å². The van der Waals surface area contributed by atoms with E-state index >= 15 is 0 Å². The highest BCUT2D eigenvalue weighted by molar-refractivity contribution is 6.30. The minimum atomic E-state index is 0.0291. The molecule has 0 fully saturated rings. The maximum absolute atomic E-state index is 11.5. The van der Waals surface area contributed by atoms with Crippen molar-refractivity contribution in [1.29, 1.82) is 0 Å². The van der Waals surface area contributed by atoms with Crippen molar-refractivity contribution in [2.45, 2.75) is 32.9 Å². The average molecular weight is 255 g/mol.